The highest BCUT2D eigenvalue weighted by atomic mass is 15.2. The molecular formula is C46H39N3. The van der Waals surface area contributed by atoms with Gasteiger partial charge in [0.15, 0.2) is 0 Å². The van der Waals surface area contributed by atoms with E-state index in [1.807, 2.05) is 6.07 Å². The Morgan fingerprint density at radius 1 is 0.551 bits per heavy atom. The van der Waals surface area contributed by atoms with Crippen molar-refractivity contribution in [2.45, 2.75) is 56.8 Å². The van der Waals surface area contributed by atoms with E-state index < -0.39 is 5.41 Å². The van der Waals surface area contributed by atoms with Gasteiger partial charge in [0.2, 0.25) is 0 Å². The molecule has 3 aliphatic rings. The van der Waals surface area contributed by atoms with E-state index in [1.165, 1.54) is 61.6 Å². The fraction of sp³-hybridized carbons (Fsp3) is 0.196. The molecule has 6 aromatic carbocycles. The molecule has 1 aliphatic heterocycles. The van der Waals surface area contributed by atoms with Crippen LogP contribution >= 0.6 is 0 Å². The van der Waals surface area contributed by atoms with Crippen LogP contribution in [0.2, 0.25) is 0 Å². The van der Waals surface area contributed by atoms with E-state index in [1.54, 1.807) is 0 Å². The zero-order valence-corrected chi connectivity index (χ0v) is 28.5. The monoisotopic (exact) mass is 633 g/mol. The fourth-order valence-electron chi connectivity index (χ4n) is 9.73. The number of nitriles is 1. The van der Waals surface area contributed by atoms with Gasteiger partial charge in [-0.15, -0.1) is 0 Å². The van der Waals surface area contributed by atoms with Crippen LogP contribution in [0.4, 0.5) is 22.7 Å². The Hall–Kier alpha value is -5.59. The minimum absolute atomic E-state index is 0.151. The van der Waals surface area contributed by atoms with Gasteiger partial charge in [-0.05, 0) is 98.8 Å². The largest absolute Gasteiger partial charge is 0.398 e. The highest BCUT2D eigenvalue weighted by Crippen LogP contribution is 2.61. The zero-order valence-electron chi connectivity index (χ0n) is 28.5. The normalized spacial score (nSPS) is 16.9. The van der Waals surface area contributed by atoms with Crippen molar-refractivity contribution in [2.24, 2.45) is 0 Å². The molecule has 0 atom stereocenters. The number of rotatable bonds is 1. The Balaban J connectivity index is 1.45. The van der Waals surface area contributed by atoms with Crippen LogP contribution in [0.25, 0.3) is 0 Å². The molecule has 2 aliphatic carbocycles. The SMILES string of the molecule is CC1(C)c2ccccc2N(c2cccc3c2CCc2cc(C#N)cc(N)c2C32c3ccccc3C(C)(C)c3ccccc32)c2ccccc21. The van der Waals surface area contributed by atoms with Crippen molar-refractivity contribution in [3.05, 3.63) is 189 Å². The van der Waals surface area contributed by atoms with Crippen LogP contribution in [0.15, 0.2) is 127 Å². The number of hydrogen-bond acceptors (Lipinski definition) is 3. The Kier molecular flexibility index (Phi) is 6.15. The maximum absolute atomic E-state index is 10.1. The Bertz CT molecular complexity index is 2290. The van der Waals surface area contributed by atoms with E-state index in [0.717, 1.165) is 24.0 Å². The summed E-state index contributed by atoms with van der Waals surface area (Å²) in [7, 11) is 0. The predicted octanol–water partition coefficient (Wildman–Crippen LogP) is 10.4. The highest BCUT2D eigenvalue weighted by Gasteiger charge is 2.52. The molecule has 0 aromatic heterocycles. The molecule has 0 radical (unpaired) electrons. The van der Waals surface area contributed by atoms with E-state index in [0.29, 0.717) is 11.3 Å². The van der Waals surface area contributed by atoms with Crippen molar-refractivity contribution in [2.75, 3.05) is 10.6 Å². The number of nitrogens with zero attached hydrogens (tertiary/aromatic N) is 2. The summed E-state index contributed by atoms with van der Waals surface area (Å²) in [4.78, 5) is 2.51. The molecule has 2 N–H and O–H groups in total. The van der Waals surface area contributed by atoms with Crippen LogP contribution in [0, 0.1) is 11.3 Å². The van der Waals surface area contributed by atoms with Gasteiger partial charge in [0.1, 0.15) is 0 Å². The third kappa shape index (κ3) is 3.78. The van der Waals surface area contributed by atoms with Crippen LogP contribution in [-0.2, 0) is 29.1 Å². The zero-order chi connectivity index (χ0) is 33.7. The van der Waals surface area contributed by atoms with Crippen molar-refractivity contribution < 1.29 is 0 Å². The van der Waals surface area contributed by atoms with Gasteiger partial charge in [0.25, 0.3) is 0 Å². The molecule has 0 amide bonds. The summed E-state index contributed by atoms with van der Waals surface area (Å²) in [6.07, 6.45) is 1.59. The molecule has 1 spiro atoms. The second kappa shape index (κ2) is 10.2. The third-order valence-electron chi connectivity index (χ3n) is 11.8. The van der Waals surface area contributed by atoms with Crippen molar-refractivity contribution >= 4 is 22.7 Å². The van der Waals surface area contributed by atoms with E-state index >= 15 is 0 Å². The highest BCUT2D eigenvalue weighted by molar-refractivity contribution is 5.89. The van der Waals surface area contributed by atoms with E-state index in [2.05, 4.69) is 160 Å². The molecule has 238 valence electrons. The molecule has 3 nitrogen and oxygen atoms in total. The van der Waals surface area contributed by atoms with Crippen LogP contribution in [-0.4, -0.2) is 0 Å². The summed E-state index contributed by atoms with van der Waals surface area (Å²) in [5.74, 6) is 0. The summed E-state index contributed by atoms with van der Waals surface area (Å²) < 4.78 is 0. The molecule has 0 bridgehead atoms. The average molecular weight is 634 g/mol. The minimum atomic E-state index is -0.688. The number of benzene rings is 6. The number of nitrogen functional groups attached to an aromatic ring is 1. The van der Waals surface area contributed by atoms with Crippen molar-refractivity contribution in [1.82, 2.24) is 0 Å². The molecule has 1 heterocycles. The molecule has 0 saturated carbocycles. The van der Waals surface area contributed by atoms with Crippen LogP contribution in [0.1, 0.15) is 88.9 Å². The van der Waals surface area contributed by atoms with Gasteiger partial charge in [-0.3, -0.25) is 0 Å². The first-order valence-corrected chi connectivity index (χ1v) is 17.3. The molecule has 49 heavy (non-hydrogen) atoms. The average Bonchev–Trinajstić information content (AvgIpc) is 3.27. The number of fused-ring (bicyclic) bond motifs is 10. The quantitative estimate of drug-likeness (QED) is 0.183. The maximum Gasteiger partial charge on any atom is 0.0992 e. The van der Waals surface area contributed by atoms with E-state index in [4.69, 9.17) is 5.73 Å². The Morgan fingerprint density at radius 2 is 1.02 bits per heavy atom. The standard InChI is InChI=1S/C46H39N3/c1-44(2)33-14-5-7-16-35(33)46(36-17-8-6-15-34(36)44)32-20-13-23-40(31(32)25-24-30-26-29(28-47)27-39(48)43(30)46)49-41-21-11-9-18-37(41)45(3,4)38-19-10-12-22-42(38)49/h5-23,26-27H,24-25,48H2,1-4H3. The molecule has 9 rings (SSSR count). The summed E-state index contributed by atoms with van der Waals surface area (Å²) in [6, 6.07) is 49.0. The van der Waals surface area contributed by atoms with Crippen molar-refractivity contribution in [3.8, 4) is 6.07 Å². The second-order valence-electron chi connectivity index (χ2n) is 15.0. The predicted molar refractivity (Wildman–Crippen MR) is 200 cm³/mol. The molecule has 0 unspecified atom stereocenters. The number of hydrogen-bond donors (Lipinski definition) is 1. The maximum atomic E-state index is 10.1. The van der Waals surface area contributed by atoms with Crippen LogP contribution < -0.4 is 10.6 Å². The first-order chi connectivity index (χ1) is 23.7. The van der Waals surface area contributed by atoms with Crippen molar-refractivity contribution in [1.29, 1.82) is 5.26 Å². The number of anilines is 4. The lowest BCUT2D eigenvalue weighted by molar-refractivity contribution is 0.558. The first kappa shape index (κ1) is 29.5. The molecule has 6 aromatic rings. The Labute approximate surface area is 289 Å². The van der Waals surface area contributed by atoms with Gasteiger partial charge in [-0.25, -0.2) is 0 Å². The summed E-state index contributed by atoms with van der Waals surface area (Å²) in [5.41, 5.74) is 23.6. The van der Waals surface area contributed by atoms with Crippen LogP contribution in [0.3, 0.4) is 0 Å². The van der Waals surface area contributed by atoms with Gasteiger partial charge in [0, 0.05) is 22.2 Å². The lowest BCUT2D eigenvalue weighted by atomic mass is 9.53. The van der Waals surface area contributed by atoms with Gasteiger partial charge >= 0.3 is 0 Å². The smallest absolute Gasteiger partial charge is 0.0992 e. The summed E-state index contributed by atoms with van der Waals surface area (Å²) in [5, 5.41) is 10.1. The lowest BCUT2D eigenvalue weighted by Gasteiger charge is -2.49. The molecule has 0 fully saturated rings. The molecule has 3 heteroatoms. The Morgan fingerprint density at radius 3 is 1.59 bits per heavy atom. The lowest BCUT2D eigenvalue weighted by Crippen LogP contribution is -2.43. The number of nitrogens with two attached hydrogens (primary N) is 1. The fourth-order valence-corrected chi connectivity index (χ4v) is 9.73. The van der Waals surface area contributed by atoms with Gasteiger partial charge in [0.05, 0.1) is 28.4 Å². The topological polar surface area (TPSA) is 53.0 Å². The minimum Gasteiger partial charge on any atom is -0.398 e. The van der Waals surface area contributed by atoms with Crippen molar-refractivity contribution in [3.63, 3.8) is 0 Å². The molecule has 0 saturated heterocycles. The number of para-hydroxylation sites is 2. The van der Waals surface area contributed by atoms with Crippen LogP contribution in [0.5, 0.6) is 0 Å². The molecular weight excluding hydrogens is 595 g/mol. The van der Waals surface area contributed by atoms with Gasteiger partial charge in [-0.1, -0.05) is 125 Å². The van der Waals surface area contributed by atoms with E-state index in [-0.39, 0.29) is 10.8 Å². The number of aryl methyl sites for hydroxylation is 1. The third-order valence-corrected chi connectivity index (χ3v) is 11.8. The van der Waals surface area contributed by atoms with E-state index in [9.17, 15) is 5.26 Å². The summed E-state index contributed by atoms with van der Waals surface area (Å²) in [6.45, 7) is 9.37. The van der Waals surface area contributed by atoms with Gasteiger partial charge < -0.3 is 10.6 Å². The van der Waals surface area contributed by atoms with Gasteiger partial charge in [-0.2, -0.15) is 5.26 Å². The first-order valence-electron chi connectivity index (χ1n) is 17.3. The second-order valence-corrected chi connectivity index (χ2v) is 15.0. The summed E-state index contributed by atoms with van der Waals surface area (Å²) >= 11 is 0.